The Morgan fingerprint density at radius 1 is 1.11 bits per heavy atom. The summed E-state index contributed by atoms with van der Waals surface area (Å²) in [6.07, 6.45) is -1.32. The molecule has 0 unspecified atom stereocenters. The van der Waals surface area contributed by atoms with Crippen LogP contribution in [0, 0.1) is 11.3 Å². The number of nitrogens with one attached hydrogen (secondary N) is 1. The number of nitrogens with zero attached hydrogens (tertiary/aromatic N) is 3. The number of hydrogen-bond acceptors (Lipinski definition) is 8. The molecule has 2 heterocycles. The van der Waals surface area contributed by atoms with E-state index in [2.05, 4.69) is 45.3 Å². The van der Waals surface area contributed by atoms with Gasteiger partial charge in [0.05, 0.1) is 36.9 Å². The van der Waals surface area contributed by atoms with Crippen LogP contribution in [0.15, 0.2) is 51.7 Å². The zero-order chi connectivity index (χ0) is 34.9. The van der Waals surface area contributed by atoms with Gasteiger partial charge in [-0.1, -0.05) is 51.1 Å². The Hall–Kier alpha value is -3.92. The maximum atomic E-state index is 13.6. The van der Waals surface area contributed by atoms with Crippen LogP contribution in [-0.2, 0) is 32.2 Å². The minimum atomic E-state index is -2.28. The summed E-state index contributed by atoms with van der Waals surface area (Å²) in [5.41, 5.74) is 2.30. The van der Waals surface area contributed by atoms with Crippen molar-refractivity contribution in [2.45, 2.75) is 96.4 Å². The highest BCUT2D eigenvalue weighted by atomic mass is 28.4. The zero-order valence-electron chi connectivity index (χ0n) is 29.2. The molecular formula is C35H48N4O7Si. The average molecular weight is 665 g/mol. The van der Waals surface area contributed by atoms with Crippen molar-refractivity contribution >= 4 is 31.4 Å². The molecule has 2 aromatic carbocycles. The lowest BCUT2D eigenvalue weighted by atomic mass is 10.0. The van der Waals surface area contributed by atoms with Crippen LogP contribution >= 0.6 is 0 Å². The molecule has 4 rings (SSSR count). The lowest BCUT2D eigenvalue weighted by Crippen LogP contribution is -2.55. The van der Waals surface area contributed by atoms with Crippen molar-refractivity contribution in [1.82, 2.24) is 14.8 Å². The topological polar surface area (TPSA) is 136 Å². The van der Waals surface area contributed by atoms with Crippen LogP contribution in [0.1, 0.15) is 54.0 Å². The molecule has 0 radical (unpaired) electrons. The molecule has 12 heteroatoms. The van der Waals surface area contributed by atoms with Crippen molar-refractivity contribution in [1.29, 1.82) is 5.26 Å². The van der Waals surface area contributed by atoms with E-state index in [0.29, 0.717) is 11.1 Å². The molecular weight excluding hydrogens is 616 g/mol. The summed E-state index contributed by atoms with van der Waals surface area (Å²) in [7, 11) is -0.622. The third-order valence-corrected chi connectivity index (χ3v) is 13.4. The number of hydrogen-bond donors (Lipinski definition) is 1. The van der Waals surface area contributed by atoms with Crippen molar-refractivity contribution < 1.29 is 27.9 Å². The van der Waals surface area contributed by atoms with Gasteiger partial charge in [-0.25, -0.2) is 9.59 Å². The first kappa shape index (κ1) is 35.9. The highest BCUT2D eigenvalue weighted by Crippen LogP contribution is 2.40. The normalized spacial score (nSPS) is 19.9. The molecule has 1 aliphatic rings. The van der Waals surface area contributed by atoms with Gasteiger partial charge in [0.25, 0.3) is 5.91 Å². The third-order valence-electron chi connectivity index (χ3n) is 8.74. The number of rotatable bonds is 7. The molecule has 3 atom stereocenters. The maximum absolute atomic E-state index is 13.6. The quantitative estimate of drug-likeness (QED) is 0.315. The molecule has 0 aliphatic carbocycles. The summed E-state index contributed by atoms with van der Waals surface area (Å²) < 4.78 is 25.3. The van der Waals surface area contributed by atoms with Crippen molar-refractivity contribution in [3.8, 4) is 17.2 Å². The van der Waals surface area contributed by atoms with Gasteiger partial charge in [0.15, 0.2) is 20.0 Å². The van der Waals surface area contributed by atoms with E-state index in [-0.39, 0.29) is 31.2 Å². The Morgan fingerprint density at radius 3 is 2.34 bits per heavy atom. The SMILES string of the molecule is Cn1c(=O)oc2ccc(-c3ccc(C[C@@H](C#N)NC(=O)[C@@H]4CN(C(=O)OC(C)(C)C)C[C@](C)(O[Si](C)(C)C(C)(C)C)CO4)cc3)cc21. The van der Waals surface area contributed by atoms with E-state index in [0.717, 1.165) is 16.7 Å². The van der Waals surface area contributed by atoms with Gasteiger partial charge >= 0.3 is 11.8 Å². The minimum absolute atomic E-state index is 0.0450. The summed E-state index contributed by atoms with van der Waals surface area (Å²) >= 11 is 0. The fourth-order valence-electron chi connectivity index (χ4n) is 5.27. The molecule has 0 bridgehead atoms. The van der Waals surface area contributed by atoms with E-state index in [9.17, 15) is 19.6 Å². The predicted molar refractivity (Wildman–Crippen MR) is 182 cm³/mol. The number of nitriles is 1. The summed E-state index contributed by atoms with van der Waals surface area (Å²) in [5.74, 6) is -0.908. The number of carbonyl (C=O) groups is 2. The first-order valence-corrected chi connectivity index (χ1v) is 18.8. The molecule has 11 nitrogen and oxygen atoms in total. The van der Waals surface area contributed by atoms with Gasteiger partial charge in [0.2, 0.25) is 0 Å². The minimum Gasteiger partial charge on any atom is -0.444 e. The molecule has 3 aromatic rings. The highest BCUT2D eigenvalue weighted by Gasteiger charge is 2.47. The predicted octanol–water partition coefficient (Wildman–Crippen LogP) is 5.77. The van der Waals surface area contributed by atoms with Crippen LogP contribution < -0.4 is 11.1 Å². The number of amides is 2. The molecule has 0 spiro atoms. The van der Waals surface area contributed by atoms with E-state index < -0.39 is 49.4 Å². The fourth-order valence-corrected chi connectivity index (χ4v) is 6.93. The number of benzene rings is 2. The van der Waals surface area contributed by atoms with Crippen LogP contribution in [-0.4, -0.2) is 72.8 Å². The number of ether oxygens (including phenoxy) is 2. The Bertz CT molecular complexity index is 1710. The van der Waals surface area contributed by atoms with Crippen molar-refractivity contribution in [3.05, 3.63) is 58.6 Å². The first-order chi connectivity index (χ1) is 21.7. The summed E-state index contributed by atoms with van der Waals surface area (Å²) in [6, 6.07) is 14.6. The third kappa shape index (κ3) is 8.71. The fraction of sp³-hybridized carbons (Fsp3) is 0.543. The lowest BCUT2D eigenvalue weighted by molar-refractivity contribution is -0.135. The van der Waals surface area contributed by atoms with Gasteiger partial charge in [-0.2, -0.15) is 5.26 Å². The second-order valence-corrected chi connectivity index (χ2v) is 19.9. The molecule has 1 N–H and O–H groups in total. The van der Waals surface area contributed by atoms with Gasteiger partial charge in [-0.15, -0.1) is 0 Å². The van der Waals surface area contributed by atoms with Crippen molar-refractivity contribution in [2.24, 2.45) is 7.05 Å². The lowest BCUT2D eigenvalue weighted by Gasteiger charge is -2.44. The second-order valence-electron chi connectivity index (χ2n) is 15.2. The van der Waals surface area contributed by atoms with Crippen molar-refractivity contribution in [3.63, 3.8) is 0 Å². The van der Waals surface area contributed by atoms with Crippen LogP contribution in [0.4, 0.5) is 4.79 Å². The number of aryl methyl sites for hydroxylation is 1. The van der Waals surface area contributed by atoms with Gasteiger partial charge in [0.1, 0.15) is 11.6 Å². The van der Waals surface area contributed by atoms with Crippen LogP contribution in [0.3, 0.4) is 0 Å². The molecule has 0 saturated carbocycles. The standard InChI is InChI=1S/C35H48N4O7Si/c1-33(2,3)45-32(42)39-20-29(43-22-35(7,21-39)46-47(9,10)34(4,5)6)30(40)37-26(19-36)17-23-11-13-24(14-12-23)25-15-16-28-27(18-25)38(8)31(41)44-28/h11-16,18,26,29H,17,20-22H2,1-10H3,(H,37,40)/t26-,29-,35-/m0/s1. The largest absolute Gasteiger partial charge is 0.444 e. The van der Waals surface area contributed by atoms with E-state index in [4.69, 9.17) is 18.3 Å². The van der Waals surface area contributed by atoms with Gasteiger partial charge in [0, 0.05) is 13.5 Å². The van der Waals surface area contributed by atoms with Gasteiger partial charge < -0.3 is 28.5 Å². The molecule has 1 fully saturated rings. The molecule has 1 saturated heterocycles. The zero-order valence-corrected chi connectivity index (χ0v) is 30.2. The monoisotopic (exact) mass is 664 g/mol. The number of oxazole rings is 1. The summed E-state index contributed by atoms with van der Waals surface area (Å²) in [5, 5.41) is 12.7. The van der Waals surface area contributed by atoms with E-state index in [1.165, 1.54) is 9.47 Å². The Balaban J connectivity index is 1.48. The summed E-state index contributed by atoms with van der Waals surface area (Å²) in [4.78, 5) is 40.2. The Labute approximate surface area is 277 Å². The number of aromatic nitrogens is 1. The van der Waals surface area contributed by atoms with Crippen LogP contribution in [0.5, 0.6) is 0 Å². The number of carbonyl (C=O) groups excluding carboxylic acids is 2. The molecule has 1 aliphatic heterocycles. The average Bonchev–Trinajstić information content (AvgIpc) is 3.12. The first-order valence-electron chi connectivity index (χ1n) is 15.9. The smallest absolute Gasteiger partial charge is 0.419 e. The second kappa shape index (κ2) is 13.3. The van der Waals surface area contributed by atoms with E-state index in [1.807, 2.05) is 43.3 Å². The molecule has 2 amide bonds. The van der Waals surface area contributed by atoms with Crippen LogP contribution in [0.25, 0.3) is 22.2 Å². The number of fused-ring (bicyclic) bond motifs is 1. The van der Waals surface area contributed by atoms with Gasteiger partial charge in [-0.3, -0.25) is 9.36 Å². The maximum Gasteiger partial charge on any atom is 0.419 e. The molecule has 254 valence electrons. The Morgan fingerprint density at radius 2 is 1.74 bits per heavy atom. The highest BCUT2D eigenvalue weighted by molar-refractivity contribution is 6.74. The van der Waals surface area contributed by atoms with E-state index in [1.54, 1.807) is 33.9 Å². The molecule has 47 heavy (non-hydrogen) atoms. The van der Waals surface area contributed by atoms with E-state index >= 15 is 0 Å². The Kier molecular flexibility index (Phi) is 10.2. The van der Waals surface area contributed by atoms with Gasteiger partial charge in [-0.05, 0) is 74.7 Å². The molecule has 1 aromatic heterocycles. The van der Waals surface area contributed by atoms with Crippen molar-refractivity contribution in [2.75, 3.05) is 19.7 Å². The van der Waals surface area contributed by atoms with Crippen LogP contribution in [0.2, 0.25) is 18.1 Å². The summed E-state index contributed by atoms with van der Waals surface area (Å²) in [6.45, 7) is 18.2.